The van der Waals surface area contributed by atoms with Crippen molar-refractivity contribution in [1.29, 1.82) is 0 Å². The Bertz CT molecular complexity index is 214. The van der Waals surface area contributed by atoms with Gasteiger partial charge in [0.1, 0.15) is 18.3 Å². The molecule has 0 aliphatic carbocycles. The third-order valence-electron chi connectivity index (χ3n) is 2.06. The molecule has 0 amide bonds. The SMILES string of the molecule is CCOC[SiH2]OCC(=O)[C@H](O)[C@@H](O)[C@H](O)CO. The number of aliphatic hydroxyl groups excluding tert-OH is 4. The summed E-state index contributed by atoms with van der Waals surface area (Å²) in [5, 5.41) is 36.1. The number of aliphatic hydroxyl groups is 4. The maximum absolute atomic E-state index is 11.3. The lowest BCUT2D eigenvalue weighted by Crippen LogP contribution is -2.45. The highest BCUT2D eigenvalue weighted by atomic mass is 28.2. The molecular formula is C9H20O7Si. The number of hydrogen-bond donors (Lipinski definition) is 4. The monoisotopic (exact) mass is 268 g/mol. The molecule has 0 bridgehead atoms. The first-order valence-corrected chi connectivity index (χ1v) is 6.95. The van der Waals surface area contributed by atoms with Crippen LogP contribution in [0.1, 0.15) is 6.92 Å². The number of rotatable bonds is 10. The molecule has 3 atom stereocenters. The molecule has 0 saturated heterocycles. The smallest absolute Gasteiger partial charge is 0.188 e. The van der Waals surface area contributed by atoms with Gasteiger partial charge < -0.3 is 29.6 Å². The molecular weight excluding hydrogens is 248 g/mol. The van der Waals surface area contributed by atoms with Crippen molar-refractivity contribution in [2.45, 2.75) is 25.2 Å². The molecule has 0 aromatic heterocycles. The maximum atomic E-state index is 11.3. The van der Waals surface area contributed by atoms with Crippen molar-refractivity contribution in [3.05, 3.63) is 0 Å². The van der Waals surface area contributed by atoms with E-state index in [9.17, 15) is 15.0 Å². The van der Waals surface area contributed by atoms with Crippen LogP contribution in [0.5, 0.6) is 0 Å². The molecule has 0 aromatic rings. The molecule has 0 radical (unpaired) electrons. The van der Waals surface area contributed by atoms with Gasteiger partial charge in [-0.25, -0.2) is 0 Å². The second-order valence-electron chi connectivity index (χ2n) is 3.40. The zero-order chi connectivity index (χ0) is 13.3. The van der Waals surface area contributed by atoms with E-state index >= 15 is 0 Å². The average Bonchev–Trinajstić information content (AvgIpc) is 2.35. The fourth-order valence-electron chi connectivity index (χ4n) is 1.03. The van der Waals surface area contributed by atoms with Crippen LogP contribution in [0.25, 0.3) is 0 Å². The van der Waals surface area contributed by atoms with E-state index in [0.29, 0.717) is 12.8 Å². The summed E-state index contributed by atoms with van der Waals surface area (Å²) in [6.45, 7) is 1.37. The molecule has 0 aliphatic heterocycles. The summed E-state index contributed by atoms with van der Waals surface area (Å²) < 4.78 is 10.1. The second kappa shape index (κ2) is 9.65. The van der Waals surface area contributed by atoms with Gasteiger partial charge in [0.25, 0.3) is 0 Å². The normalized spacial score (nSPS) is 17.2. The topological polar surface area (TPSA) is 116 Å². The Morgan fingerprint density at radius 1 is 1.35 bits per heavy atom. The van der Waals surface area contributed by atoms with Crippen molar-refractivity contribution in [3.63, 3.8) is 0 Å². The van der Waals surface area contributed by atoms with Crippen LogP contribution in [0.3, 0.4) is 0 Å². The first-order chi connectivity index (χ1) is 8.04. The molecule has 0 unspecified atom stereocenters. The lowest BCUT2D eigenvalue weighted by Gasteiger charge is -2.20. The molecule has 0 aliphatic rings. The Balaban J connectivity index is 3.81. The fraction of sp³-hybridized carbons (Fsp3) is 0.889. The van der Waals surface area contributed by atoms with E-state index in [1.165, 1.54) is 0 Å². The molecule has 4 N–H and O–H groups in total. The minimum absolute atomic E-state index is 0.324. The Morgan fingerprint density at radius 2 is 2.00 bits per heavy atom. The standard InChI is InChI=1S/C9H20O7Si/c1-2-15-5-17-16-4-7(12)9(14)8(13)6(11)3-10/h6,8-11,13-14H,2-5,17H2,1H3/t6-,8+,9+/m1/s1. The summed E-state index contributed by atoms with van der Waals surface area (Å²) in [6.07, 6.45) is -4.53. The van der Waals surface area contributed by atoms with Gasteiger partial charge in [-0.1, -0.05) is 0 Å². The molecule has 0 heterocycles. The van der Waals surface area contributed by atoms with E-state index < -0.39 is 40.5 Å². The first kappa shape index (κ1) is 16.6. The van der Waals surface area contributed by atoms with Gasteiger partial charge in [0.15, 0.2) is 15.5 Å². The number of Topliss-reactive ketones (excluding diaryl/α,β-unsaturated/α-hetero) is 1. The van der Waals surface area contributed by atoms with Crippen molar-refractivity contribution in [1.82, 2.24) is 0 Å². The van der Waals surface area contributed by atoms with Crippen molar-refractivity contribution in [2.24, 2.45) is 0 Å². The van der Waals surface area contributed by atoms with Gasteiger partial charge >= 0.3 is 0 Å². The van der Waals surface area contributed by atoms with Crippen LogP contribution in [0.4, 0.5) is 0 Å². The number of carbonyl (C=O) groups excluding carboxylic acids is 1. The van der Waals surface area contributed by atoms with Gasteiger partial charge in [-0.05, 0) is 6.92 Å². The number of hydrogen-bond acceptors (Lipinski definition) is 7. The predicted octanol–water partition coefficient (Wildman–Crippen LogP) is -3.28. The Kier molecular flexibility index (Phi) is 9.45. The van der Waals surface area contributed by atoms with E-state index in [4.69, 9.17) is 19.4 Å². The third-order valence-corrected chi connectivity index (χ3v) is 3.00. The minimum Gasteiger partial charge on any atom is -0.414 e. The van der Waals surface area contributed by atoms with Gasteiger partial charge in [-0.2, -0.15) is 0 Å². The molecule has 0 aromatic carbocycles. The summed E-state index contributed by atoms with van der Waals surface area (Å²) in [7, 11) is -0.971. The van der Waals surface area contributed by atoms with Crippen LogP contribution < -0.4 is 0 Å². The Labute approximate surface area is 102 Å². The van der Waals surface area contributed by atoms with Gasteiger partial charge in [0.2, 0.25) is 0 Å². The molecule has 0 spiro atoms. The van der Waals surface area contributed by atoms with Gasteiger partial charge in [-0.3, -0.25) is 4.79 Å². The van der Waals surface area contributed by atoms with Gasteiger partial charge in [-0.15, -0.1) is 0 Å². The summed E-state index contributed by atoms with van der Waals surface area (Å²) >= 11 is 0. The number of ether oxygens (including phenoxy) is 1. The third kappa shape index (κ3) is 6.84. The van der Waals surface area contributed by atoms with Crippen LogP contribution in [-0.4, -0.2) is 80.3 Å². The molecule has 0 rings (SSSR count). The lowest BCUT2D eigenvalue weighted by molar-refractivity contribution is -0.142. The van der Waals surface area contributed by atoms with Crippen LogP contribution in [-0.2, 0) is 14.0 Å². The summed E-state index contributed by atoms with van der Waals surface area (Å²) in [6, 6.07) is 0. The van der Waals surface area contributed by atoms with Crippen LogP contribution in [0.2, 0.25) is 0 Å². The van der Waals surface area contributed by atoms with Gasteiger partial charge in [0, 0.05) is 6.61 Å². The van der Waals surface area contributed by atoms with Gasteiger partial charge in [0.05, 0.1) is 19.4 Å². The Hall–Kier alpha value is -0.353. The number of carbonyl (C=O) groups is 1. The second-order valence-corrected chi connectivity index (χ2v) is 4.63. The summed E-state index contributed by atoms with van der Waals surface area (Å²) in [4.78, 5) is 11.3. The summed E-state index contributed by atoms with van der Waals surface area (Å²) in [5.74, 6) is -0.728. The zero-order valence-corrected chi connectivity index (χ0v) is 11.2. The van der Waals surface area contributed by atoms with E-state index in [-0.39, 0.29) is 6.61 Å². The first-order valence-electron chi connectivity index (χ1n) is 5.37. The van der Waals surface area contributed by atoms with E-state index in [1.54, 1.807) is 0 Å². The highest BCUT2D eigenvalue weighted by molar-refractivity contribution is 6.27. The molecule has 102 valence electrons. The highest BCUT2D eigenvalue weighted by Gasteiger charge is 2.29. The van der Waals surface area contributed by atoms with E-state index in [2.05, 4.69) is 0 Å². The largest absolute Gasteiger partial charge is 0.414 e. The number of ketones is 1. The maximum Gasteiger partial charge on any atom is 0.188 e. The minimum atomic E-state index is -1.75. The molecule has 0 saturated carbocycles. The van der Waals surface area contributed by atoms with Crippen LogP contribution in [0, 0.1) is 0 Å². The molecule has 0 fully saturated rings. The van der Waals surface area contributed by atoms with Crippen LogP contribution in [0.15, 0.2) is 0 Å². The fourth-order valence-corrected chi connectivity index (χ4v) is 1.90. The molecule has 7 nitrogen and oxygen atoms in total. The zero-order valence-electron chi connectivity index (χ0n) is 9.78. The van der Waals surface area contributed by atoms with E-state index in [1.807, 2.05) is 6.92 Å². The van der Waals surface area contributed by atoms with Crippen molar-refractivity contribution >= 4 is 15.5 Å². The summed E-state index contributed by atoms with van der Waals surface area (Å²) in [5.41, 5.74) is 0. The molecule has 8 heteroatoms. The van der Waals surface area contributed by atoms with Crippen molar-refractivity contribution in [2.75, 3.05) is 26.1 Å². The van der Waals surface area contributed by atoms with Crippen molar-refractivity contribution < 1.29 is 34.4 Å². The van der Waals surface area contributed by atoms with Crippen molar-refractivity contribution in [3.8, 4) is 0 Å². The Morgan fingerprint density at radius 3 is 2.53 bits per heavy atom. The molecule has 17 heavy (non-hydrogen) atoms. The lowest BCUT2D eigenvalue weighted by atomic mass is 10.1. The predicted molar refractivity (Wildman–Crippen MR) is 61.1 cm³/mol. The van der Waals surface area contributed by atoms with E-state index in [0.717, 1.165) is 0 Å². The quantitative estimate of drug-likeness (QED) is 0.242. The highest BCUT2D eigenvalue weighted by Crippen LogP contribution is 2.01. The van der Waals surface area contributed by atoms with Crippen LogP contribution >= 0.6 is 0 Å². The average molecular weight is 268 g/mol.